The van der Waals surface area contributed by atoms with Gasteiger partial charge >= 0.3 is 6.09 Å². The summed E-state index contributed by atoms with van der Waals surface area (Å²) in [5.41, 5.74) is 0.935. The summed E-state index contributed by atoms with van der Waals surface area (Å²) >= 11 is 0. The first-order valence-corrected chi connectivity index (χ1v) is 6.55. The van der Waals surface area contributed by atoms with Crippen LogP contribution in [0, 0.1) is 0 Å². The van der Waals surface area contributed by atoms with Gasteiger partial charge in [0.1, 0.15) is 18.1 Å². The highest BCUT2D eigenvalue weighted by molar-refractivity contribution is 5.73. The predicted octanol–water partition coefficient (Wildman–Crippen LogP) is 2.42. The Bertz CT molecular complexity index is 487. The summed E-state index contributed by atoms with van der Waals surface area (Å²) in [6, 6.07) is 7.46. The lowest BCUT2D eigenvalue weighted by molar-refractivity contribution is -0.104. The monoisotopic (exact) mass is 275 g/mol. The van der Waals surface area contributed by atoms with Gasteiger partial charge in [0, 0.05) is 25.9 Å². The molecule has 0 unspecified atom stereocenters. The van der Waals surface area contributed by atoms with Gasteiger partial charge in [-0.1, -0.05) is 18.2 Å². The molecular weight excluding hydrogens is 258 g/mol. The lowest BCUT2D eigenvalue weighted by Gasteiger charge is -2.30. The fourth-order valence-electron chi connectivity index (χ4n) is 2.17. The van der Waals surface area contributed by atoms with Crippen LogP contribution < -0.4 is 4.74 Å². The zero-order valence-electron chi connectivity index (χ0n) is 11.1. The number of carbonyl (C=O) groups excluding carboxylic acids is 1. The first kappa shape index (κ1) is 14.1. The number of hydrogen-bond donors (Lipinski definition) is 1. The van der Waals surface area contributed by atoms with Crippen molar-refractivity contribution in [1.29, 1.82) is 0 Å². The van der Waals surface area contributed by atoms with E-state index in [0.717, 1.165) is 17.6 Å². The minimum absolute atomic E-state index is 0.0574. The molecule has 1 aromatic rings. The van der Waals surface area contributed by atoms with E-state index in [2.05, 4.69) is 0 Å². The van der Waals surface area contributed by atoms with Gasteiger partial charge in [-0.15, -0.1) is 0 Å². The van der Waals surface area contributed by atoms with Crippen molar-refractivity contribution >= 4 is 18.5 Å². The number of rotatable bonds is 4. The number of hydrogen-bond acceptors (Lipinski definition) is 3. The molecule has 20 heavy (non-hydrogen) atoms. The first-order chi connectivity index (χ1) is 9.69. The summed E-state index contributed by atoms with van der Waals surface area (Å²) in [6.07, 6.45) is 4.51. The van der Waals surface area contributed by atoms with Gasteiger partial charge in [0.2, 0.25) is 0 Å². The van der Waals surface area contributed by atoms with E-state index in [0.29, 0.717) is 25.9 Å². The van der Waals surface area contributed by atoms with Gasteiger partial charge in [-0.25, -0.2) is 4.79 Å². The summed E-state index contributed by atoms with van der Waals surface area (Å²) in [6.45, 7) is 1.03. The van der Waals surface area contributed by atoms with Crippen molar-refractivity contribution in [3.63, 3.8) is 0 Å². The van der Waals surface area contributed by atoms with Gasteiger partial charge in [0.25, 0.3) is 0 Å². The molecule has 1 saturated heterocycles. The molecule has 1 heterocycles. The van der Waals surface area contributed by atoms with Crippen molar-refractivity contribution in [3.05, 3.63) is 35.9 Å². The maximum absolute atomic E-state index is 10.8. The van der Waals surface area contributed by atoms with Crippen LogP contribution in [0.5, 0.6) is 5.75 Å². The molecule has 1 aliphatic rings. The molecule has 1 aliphatic heterocycles. The number of nitrogens with zero attached hydrogens (tertiary/aromatic N) is 1. The van der Waals surface area contributed by atoms with Gasteiger partial charge in [-0.2, -0.15) is 0 Å². The summed E-state index contributed by atoms with van der Waals surface area (Å²) in [4.78, 5) is 22.4. The SMILES string of the molecule is O=C/C=C/c1ccc(OC2CCN(C(=O)O)CC2)cc1. The van der Waals surface area contributed by atoms with Crippen LogP contribution in [0.25, 0.3) is 6.08 Å². The Balaban J connectivity index is 1.86. The number of amides is 1. The lowest BCUT2D eigenvalue weighted by atomic mass is 10.1. The van der Waals surface area contributed by atoms with E-state index in [1.807, 2.05) is 24.3 Å². The minimum atomic E-state index is -0.866. The van der Waals surface area contributed by atoms with Crippen molar-refractivity contribution < 1.29 is 19.4 Å². The third-order valence-corrected chi connectivity index (χ3v) is 3.26. The van der Waals surface area contributed by atoms with Crippen molar-refractivity contribution in [2.45, 2.75) is 18.9 Å². The maximum atomic E-state index is 10.8. The second-order valence-corrected chi connectivity index (χ2v) is 4.65. The molecule has 0 atom stereocenters. The number of carboxylic acid groups (broad SMARTS) is 1. The van der Waals surface area contributed by atoms with E-state index in [9.17, 15) is 9.59 Å². The topological polar surface area (TPSA) is 66.8 Å². The Morgan fingerprint density at radius 3 is 2.45 bits per heavy atom. The normalized spacial score (nSPS) is 16.3. The zero-order chi connectivity index (χ0) is 14.4. The highest BCUT2D eigenvalue weighted by atomic mass is 16.5. The number of aldehydes is 1. The van der Waals surface area contributed by atoms with E-state index >= 15 is 0 Å². The van der Waals surface area contributed by atoms with E-state index in [-0.39, 0.29) is 6.10 Å². The van der Waals surface area contributed by atoms with E-state index in [1.165, 1.54) is 11.0 Å². The summed E-state index contributed by atoms with van der Waals surface area (Å²) in [5, 5.41) is 8.87. The standard InChI is InChI=1S/C15H17NO4/c17-11-1-2-12-3-5-13(6-4-12)20-14-7-9-16(10-8-14)15(18)19/h1-6,11,14H,7-10H2,(H,18,19)/b2-1+. The Labute approximate surface area is 117 Å². The second kappa shape index (κ2) is 6.75. The molecule has 0 bridgehead atoms. The first-order valence-electron chi connectivity index (χ1n) is 6.55. The number of benzene rings is 1. The van der Waals surface area contributed by atoms with Crippen molar-refractivity contribution in [2.24, 2.45) is 0 Å². The number of piperidine rings is 1. The Morgan fingerprint density at radius 1 is 1.25 bits per heavy atom. The van der Waals surface area contributed by atoms with E-state index in [1.54, 1.807) is 6.08 Å². The number of allylic oxidation sites excluding steroid dienone is 1. The van der Waals surface area contributed by atoms with E-state index in [4.69, 9.17) is 9.84 Å². The van der Waals surface area contributed by atoms with Crippen LogP contribution in [-0.4, -0.2) is 41.6 Å². The van der Waals surface area contributed by atoms with Crippen molar-refractivity contribution in [2.75, 3.05) is 13.1 Å². The molecule has 106 valence electrons. The average Bonchev–Trinajstić information content (AvgIpc) is 2.47. The molecule has 0 aromatic heterocycles. The lowest BCUT2D eigenvalue weighted by Crippen LogP contribution is -2.41. The fraction of sp³-hybridized carbons (Fsp3) is 0.333. The number of likely N-dealkylation sites (tertiary alicyclic amines) is 1. The molecule has 5 nitrogen and oxygen atoms in total. The van der Waals surface area contributed by atoms with Crippen LogP contribution in [-0.2, 0) is 4.79 Å². The number of ether oxygens (including phenoxy) is 1. The van der Waals surface area contributed by atoms with Gasteiger partial charge < -0.3 is 14.7 Å². The summed E-state index contributed by atoms with van der Waals surface area (Å²) < 4.78 is 5.83. The number of carbonyl (C=O) groups is 2. The Kier molecular flexibility index (Phi) is 4.76. The highest BCUT2D eigenvalue weighted by Gasteiger charge is 2.23. The quantitative estimate of drug-likeness (QED) is 0.677. The summed E-state index contributed by atoms with van der Waals surface area (Å²) in [7, 11) is 0. The average molecular weight is 275 g/mol. The Morgan fingerprint density at radius 2 is 1.90 bits per heavy atom. The third kappa shape index (κ3) is 3.85. The molecule has 5 heteroatoms. The van der Waals surface area contributed by atoms with Crippen LogP contribution in [0.15, 0.2) is 30.3 Å². The largest absolute Gasteiger partial charge is 0.490 e. The maximum Gasteiger partial charge on any atom is 0.407 e. The highest BCUT2D eigenvalue weighted by Crippen LogP contribution is 2.20. The molecule has 1 amide bonds. The Hall–Kier alpha value is -2.30. The molecule has 0 spiro atoms. The zero-order valence-corrected chi connectivity index (χ0v) is 11.1. The van der Waals surface area contributed by atoms with E-state index < -0.39 is 6.09 Å². The molecular formula is C15H17NO4. The van der Waals surface area contributed by atoms with Gasteiger partial charge in [0.05, 0.1) is 0 Å². The van der Waals surface area contributed by atoms with Crippen LogP contribution in [0.1, 0.15) is 18.4 Å². The minimum Gasteiger partial charge on any atom is -0.490 e. The molecule has 0 saturated carbocycles. The molecule has 2 rings (SSSR count). The fourth-order valence-corrected chi connectivity index (χ4v) is 2.17. The second-order valence-electron chi connectivity index (χ2n) is 4.65. The van der Waals surface area contributed by atoms with Gasteiger partial charge in [0.15, 0.2) is 0 Å². The third-order valence-electron chi connectivity index (χ3n) is 3.26. The van der Waals surface area contributed by atoms with Crippen LogP contribution in [0.2, 0.25) is 0 Å². The van der Waals surface area contributed by atoms with Gasteiger partial charge in [-0.05, 0) is 23.8 Å². The summed E-state index contributed by atoms with van der Waals surface area (Å²) in [5.74, 6) is 0.766. The van der Waals surface area contributed by atoms with Crippen molar-refractivity contribution in [3.8, 4) is 5.75 Å². The van der Waals surface area contributed by atoms with Crippen LogP contribution in [0.3, 0.4) is 0 Å². The molecule has 1 fully saturated rings. The smallest absolute Gasteiger partial charge is 0.407 e. The molecule has 0 radical (unpaired) electrons. The van der Waals surface area contributed by atoms with Crippen LogP contribution >= 0.6 is 0 Å². The molecule has 0 aliphatic carbocycles. The van der Waals surface area contributed by atoms with Crippen LogP contribution in [0.4, 0.5) is 4.79 Å². The molecule has 1 aromatic carbocycles. The molecule has 1 N–H and O–H groups in total. The van der Waals surface area contributed by atoms with Crippen molar-refractivity contribution in [1.82, 2.24) is 4.90 Å². The van der Waals surface area contributed by atoms with Gasteiger partial charge in [-0.3, -0.25) is 4.79 Å². The predicted molar refractivity (Wildman–Crippen MR) is 74.8 cm³/mol.